The molecule has 3 amide bonds. The van der Waals surface area contributed by atoms with Gasteiger partial charge in [0.15, 0.2) is 0 Å². The van der Waals surface area contributed by atoms with Gasteiger partial charge in [-0.3, -0.25) is 14.4 Å². The fraction of sp³-hybridized carbons (Fsp3) is 0.655. The molecule has 0 aliphatic carbocycles. The zero-order valence-electron chi connectivity index (χ0n) is 23.0. The molecule has 8 heteroatoms. The lowest BCUT2D eigenvalue weighted by Gasteiger charge is -2.29. The highest BCUT2D eigenvalue weighted by atomic mass is 16.5. The van der Waals surface area contributed by atoms with E-state index in [2.05, 4.69) is 22.9 Å². The van der Waals surface area contributed by atoms with Crippen LogP contribution in [0.1, 0.15) is 85.1 Å². The van der Waals surface area contributed by atoms with Crippen LogP contribution in [0, 0.1) is 11.8 Å². The topological polar surface area (TPSA) is 114 Å². The van der Waals surface area contributed by atoms with Crippen molar-refractivity contribution >= 4 is 23.7 Å². The summed E-state index contributed by atoms with van der Waals surface area (Å²) in [6.45, 7) is 9.51. The summed E-state index contributed by atoms with van der Waals surface area (Å²) < 4.78 is 5.93. The highest BCUT2D eigenvalue weighted by molar-refractivity contribution is 5.94. The fourth-order valence-corrected chi connectivity index (χ4v) is 4.48. The van der Waals surface area contributed by atoms with Crippen molar-refractivity contribution in [3.8, 4) is 0 Å². The average Bonchev–Trinajstić information content (AvgIpc) is 2.88. The zero-order chi connectivity index (χ0) is 27.4. The first-order chi connectivity index (χ1) is 17.7. The van der Waals surface area contributed by atoms with Crippen LogP contribution in [0.2, 0.25) is 0 Å². The molecule has 6 unspecified atom stereocenters. The smallest absolute Gasteiger partial charge is 0.329 e. The van der Waals surface area contributed by atoms with Crippen LogP contribution >= 0.6 is 0 Å². The molecule has 8 nitrogen and oxygen atoms in total. The lowest BCUT2D eigenvalue weighted by molar-refractivity contribution is -0.158. The van der Waals surface area contributed by atoms with Crippen molar-refractivity contribution in [2.75, 3.05) is 0 Å². The first-order valence-corrected chi connectivity index (χ1v) is 13.8. The van der Waals surface area contributed by atoms with Crippen LogP contribution in [0.5, 0.6) is 0 Å². The molecule has 0 saturated carbocycles. The van der Waals surface area contributed by atoms with E-state index in [4.69, 9.17) is 4.74 Å². The number of carbonyl (C=O) groups excluding carboxylic acids is 4. The van der Waals surface area contributed by atoms with Crippen LogP contribution in [0.25, 0.3) is 0 Å². The largest absolute Gasteiger partial charge is 0.460 e. The molecule has 0 aromatic heterocycles. The molecule has 1 aromatic carbocycles. The molecule has 1 heterocycles. The average molecular weight is 516 g/mol. The monoisotopic (exact) mass is 515 g/mol. The maximum absolute atomic E-state index is 13.3. The second kappa shape index (κ2) is 15.4. The van der Waals surface area contributed by atoms with Gasteiger partial charge in [-0.2, -0.15) is 0 Å². The van der Waals surface area contributed by atoms with Crippen molar-refractivity contribution in [1.29, 1.82) is 0 Å². The molecule has 0 radical (unpaired) electrons. The predicted molar refractivity (Wildman–Crippen MR) is 143 cm³/mol. The summed E-state index contributed by atoms with van der Waals surface area (Å²) in [5, 5.41) is 8.33. The molecule has 1 fully saturated rings. The lowest BCUT2D eigenvalue weighted by atomic mass is 9.93. The van der Waals surface area contributed by atoms with Crippen molar-refractivity contribution in [3.05, 3.63) is 35.9 Å². The number of benzene rings is 1. The maximum Gasteiger partial charge on any atom is 0.329 e. The highest BCUT2D eigenvalue weighted by Gasteiger charge is 2.35. The summed E-state index contributed by atoms with van der Waals surface area (Å²) in [6, 6.07) is 6.77. The van der Waals surface area contributed by atoms with Crippen molar-refractivity contribution in [3.63, 3.8) is 0 Å². The number of rotatable bonds is 10. The first kappa shape index (κ1) is 30.3. The second-order valence-electron chi connectivity index (χ2n) is 10.4. The molecule has 1 aromatic rings. The number of hydrogen-bond donors (Lipinski definition) is 3. The zero-order valence-corrected chi connectivity index (χ0v) is 23.0. The number of unbranched alkanes of at least 4 members (excludes halogenated alkanes) is 3. The van der Waals surface area contributed by atoms with Crippen LogP contribution < -0.4 is 16.0 Å². The van der Waals surface area contributed by atoms with Gasteiger partial charge in [-0.25, -0.2) is 4.79 Å². The molecule has 6 atom stereocenters. The Kier molecular flexibility index (Phi) is 12.6. The van der Waals surface area contributed by atoms with E-state index in [9.17, 15) is 19.2 Å². The first-order valence-electron chi connectivity index (χ1n) is 13.8. The van der Waals surface area contributed by atoms with E-state index in [-0.39, 0.29) is 30.6 Å². The van der Waals surface area contributed by atoms with Gasteiger partial charge in [0.1, 0.15) is 24.2 Å². The van der Waals surface area contributed by atoms with Gasteiger partial charge in [0.2, 0.25) is 17.7 Å². The van der Waals surface area contributed by atoms with Gasteiger partial charge in [-0.15, -0.1) is 0 Å². The van der Waals surface area contributed by atoms with Crippen LogP contribution in [0.3, 0.4) is 0 Å². The molecular weight excluding hydrogens is 470 g/mol. The molecule has 1 saturated heterocycles. The molecule has 1 aliphatic rings. The van der Waals surface area contributed by atoms with Crippen molar-refractivity contribution in [2.45, 2.75) is 110 Å². The van der Waals surface area contributed by atoms with Gasteiger partial charge in [-0.05, 0) is 30.7 Å². The van der Waals surface area contributed by atoms with E-state index in [0.717, 1.165) is 37.7 Å². The molecule has 206 valence electrons. The molecule has 1 aliphatic heterocycles. The fourth-order valence-electron chi connectivity index (χ4n) is 4.48. The van der Waals surface area contributed by atoms with E-state index in [0.29, 0.717) is 6.42 Å². The summed E-state index contributed by atoms with van der Waals surface area (Å²) >= 11 is 0. The number of nitrogens with one attached hydrogen (secondary N) is 3. The third kappa shape index (κ3) is 9.82. The summed E-state index contributed by atoms with van der Waals surface area (Å²) in [7, 11) is 0. The van der Waals surface area contributed by atoms with E-state index in [1.807, 2.05) is 51.1 Å². The summed E-state index contributed by atoms with van der Waals surface area (Å²) in [5.74, 6) is -2.05. The summed E-state index contributed by atoms with van der Waals surface area (Å²) in [6.07, 6.45) is 5.35. The van der Waals surface area contributed by atoms with Gasteiger partial charge < -0.3 is 20.7 Å². The van der Waals surface area contributed by atoms with Crippen molar-refractivity contribution in [2.24, 2.45) is 11.8 Å². The minimum absolute atomic E-state index is 0.0457. The Hall–Kier alpha value is -2.90. The van der Waals surface area contributed by atoms with E-state index in [1.165, 1.54) is 0 Å². The predicted octanol–water partition coefficient (Wildman–Crippen LogP) is 3.67. The number of carbonyl (C=O) groups is 4. The van der Waals surface area contributed by atoms with Gasteiger partial charge in [0.25, 0.3) is 0 Å². The van der Waals surface area contributed by atoms with Gasteiger partial charge in [-0.1, -0.05) is 90.1 Å². The number of esters is 1. The van der Waals surface area contributed by atoms with E-state index in [1.54, 1.807) is 6.92 Å². The number of amides is 3. The van der Waals surface area contributed by atoms with Crippen molar-refractivity contribution < 1.29 is 23.9 Å². The Morgan fingerprint density at radius 2 is 1.59 bits per heavy atom. The van der Waals surface area contributed by atoms with Gasteiger partial charge in [0, 0.05) is 6.42 Å². The minimum Gasteiger partial charge on any atom is -0.460 e. The highest BCUT2D eigenvalue weighted by Crippen LogP contribution is 2.22. The Morgan fingerprint density at radius 1 is 0.892 bits per heavy atom. The van der Waals surface area contributed by atoms with E-state index >= 15 is 0 Å². The summed E-state index contributed by atoms with van der Waals surface area (Å²) in [4.78, 5) is 52.6. The van der Waals surface area contributed by atoms with Crippen LogP contribution in [0.4, 0.5) is 0 Å². The second-order valence-corrected chi connectivity index (χ2v) is 10.4. The number of hydrogen-bond acceptors (Lipinski definition) is 5. The molecular formula is C29H45N3O5. The Bertz CT molecular complexity index is 891. The normalized spacial score (nSPS) is 25.3. The molecule has 37 heavy (non-hydrogen) atoms. The van der Waals surface area contributed by atoms with E-state index < -0.39 is 42.0 Å². The lowest BCUT2D eigenvalue weighted by Crippen LogP contribution is -2.55. The van der Waals surface area contributed by atoms with Crippen LogP contribution in [0.15, 0.2) is 30.3 Å². The van der Waals surface area contributed by atoms with Crippen LogP contribution in [-0.4, -0.2) is 47.9 Å². The maximum atomic E-state index is 13.3. The Labute approximate surface area is 221 Å². The number of cyclic esters (lactones) is 1. The number of ether oxygens (including phenoxy) is 1. The quantitative estimate of drug-likeness (QED) is 0.325. The molecule has 2 rings (SSSR count). The van der Waals surface area contributed by atoms with Crippen molar-refractivity contribution in [1.82, 2.24) is 16.0 Å². The molecule has 0 spiro atoms. The van der Waals surface area contributed by atoms with Crippen LogP contribution in [-0.2, 0) is 30.3 Å². The SMILES string of the molecule is CCCCCCC(C)C1CC(=O)NC(Cc2ccccc2)C(=O)NC(C)C(=O)NC(C(C)CC)C(=O)O1. The third-order valence-corrected chi connectivity index (χ3v) is 7.25. The summed E-state index contributed by atoms with van der Waals surface area (Å²) in [5.41, 5.74) is 0.883. The molecule has 0 bridgehead atoms. The molecule has 3 N–H and O–H groups in total. The third-order valence-electron chi connectivity index (χ3n) is 7.25. The van der Waals surface area contributed by atoms with Gasteiger partial charge in [0.05, 0.1) is 6.42 Å². The minimum atomic E-state index is -0.893. The van der Waals surface area contributed by atoms with Gasteiger partial charge >= 0.3 is 5.97 Å². The Balaban J connectivity index is 2.33. The standard InChI is InChI=1S/C29H45N3O5/c1-6-8-9-11-14-20(4)24-18-25(33)31-23(17-22-15-12-10-13-16-22)28(35)30-21(5)27(34)32-26(19(3)7-2)29(36)37-24/h10,12-13,15-16,19-21,23-24,26H,6-9,11,14,17-18H2,1-5H3,(H,30,35)(H,31,33)(H,32,34). The Morgan fingerprint density at radius 3 is 2.24 bits per heavy atom.